The van der Waals surface area contributed by atoms with Crippen molar-refractivity contribution in [3.05, 3.63) is 52.6 Å². The zero-order valence-electron chi connectivity index (χ0n) is 17.2. The van der Waals surface area contributed by atoms with E-state index in [0.29, 0.717) is 37.0 Å². The van der Waals surface area contributed by atoms with Crippen LogP contribution in [0.25, 0.3) is 5.57 Å². The van der Waals surface area contributed by atoms with Gasteiger partial charge in [0, 0.05) is 44.0 Å². The van der Waals surface area contributed by atoms with Crippen molar-refractivity contribution in [2.24, 2.45) is 5.92 Å². The third-order valence-electron chi connectivity index (χ3n) is 4.98. The quantitative estimate of drug-likeness (QED) is 0.666. The number of halogens is 1. The number of carbonyl (C=O) groups is 1. The Labute approximate surface area is 177 Å². The van der Waals surface area contributed by atoms with Crippen LogP contribution in [0.4, 0.5) is 0 Å². The molecule has 1 N–H and O–H groups in total. The van der Waals surface area contributed by atoms with Crippen LogP contribution >= 0.6 is 11.6 Å². The van der Waals surface area contributed by atoms with Crippen molar-refractivity contribution in [3.8, 4) is 0 Å². The van der Waals surface area contributed by atoms with Crippen LogP contribution < -0.4 is 5.32 Å². The lowest BCUT2D eigenvalue weighted by Gasteiger charge is -2.25. The average molecular weight is 417 g/mol. The Balaban J connectivity index is 1.45. The van der Waals surface area contributed by atoms with Gasteiger partial charge in [0.25, 0.3) is 0 Å². The maximum absolute atomic E-state index is 11.9. The van der Waals surface area contributed by atoms with E-state index in [1.54, 1.807) is 0 Å². The van der Waals surface area contributed by atoms with E-state index in [2.05, 4.69) is 52.4 Å². The van der Waals surface area contributed by atoms with E-state index in [9.17, 15) is 4.79 Å². The van der Waals surface area contributed by atoms with E-state index >= 15 is 0 Å². The largest absolute Gasteiger partial charge is 0.356 e. The van der Waals surface area contributed by atoms with Crippen LogP contribution in [-0.2, 0) is 17.8 Å². The highest BCUT2D eigenvalue weighted by Crippen LogP contribution is 2.21. The summed E-state index contributed by atoms with van der Waals surface area (Å²) in [5.74, 6) is 1.77. The molecule has 1 aromatic heterocycles. The monoisotopic (exact) mass is 416 g/mol. The molecule has 1 aliphatic rings. The molecular formula is C22H29ClN4O2. The molecule has 2 aromatic rings. The second-order valence-electron chi connectivity index (χ2n) is 7.89. The molecule has 0 saturated carbocycles. The number of rotatable bonds is 9. The van der Waals surface area contributed by atoms with Gasteiger partial charge in [-0.05, 0) is 42.0 Å². The van der Waals surface area contributed by atoms with Gasteiger partial charge in [0.15, 0.2) is 5.82 Å². The molecule has 29 heavy (non-hydrogen) atoms. The van der Waals surface area contributed by atoms with E-state index < -0.39 is 0 Å². The average Bonchev–Trinajstić information content (AvgIpc) is 3.17. The van der Waals surface area contributed by atoms with Gasteiger partial charge in [-0.15, -0.1) is 0 Å². The maximum atomic E-state index is 11.9. The van der Waals surface area contributed by atoms with E-state index in [1.165, 1.54) is 5.56 Å². The molecule has 0 radical (unpaired) electrons. The lowest BCUT2D eigenvalue weighted by molar-refractivity contribution is -0.121. The summed E-state index contributed by atoms with van der Waals surface area (Å²) in [6.45, 7) is 7.68. The summed E-state index contributed by atoms with van der Waals surface area (Å²) in [6.07, 6.45) is 4.86. The molecule has 0 fully saturated rings. The van der Waals surface area contributed by atoms with E-state index in [1.807, 2.05) is 12.1 Å². The summed E-state index contributed by atoms with van der Waals surface area (Å²) in [7, 11) is 0. The number of hydrogen-bond donors (Lipinski definition) is 1. The molecular weight excluding hydrogens is 388 g/mol. The Hall–Kier alpha value is -2.18. The van der Waals surface area contributed by atoms with Crippen LogP contribution in [0.15, 0.2) is 34.9 Å². The first-order chi connectivity index (χ1) is 14.0. The van der Waals surface area contributed by atoms with E-state index in [4.69, 9.17) is 16.1 Å². The third kappa shape index (κ3) is 6.98. The summed E-state index contributed by atoms with van der Waals surface area (Å²) >= 11 is 5.95. The highest BCUT2D eigenvalue weighted by Gasteiger charge is 2.18. The molecule has 2 heterocycles. The number of aryl methyl sites for hydroxylation is 1. The van der Waals surface area contributed by atoms with Gasteiger partial charge in [0.05, 0.1) is 0 Å². The third-order valence-corrected chi connectivity index (χ3v) is 5.23. The fraction of sp³-hybridized carbons (Fsp3) is 0.500. The number of benzene rings is 1. The Morgan fingerprint density at radius 1 is 1.31 bits per heavy atom. The zero-order chi connectivity index (χ0) is 20.6. The van der Waals surface area contributed by atoms with Crippen molar-refractivity contribution in [3.63, 3.8) is 0 Å². The van der Waals surface area contributed by atoms with Gasteiger partial charge in [-0.2, -0.15) is 4.98 Å². The predicted octanol–water partition coefficient (Wildman–Crippen LogP) is 4.11. The van der Waals surface area contributed by atoms with Crippen molar-refractivity contribution in [2.75, 3.05) is 19.6 Å². The first-order valence-electron chi connectivity index (χ1n) is 10.2. The summed E-state index contributed by atoms with van der Waals surface area (Å²) < 4.78 is 5.34. The standard InChI is InChI=1S/C22H29ClN4O2/c1-16(2)9-12-24-20(28)7-8-21-25-22(26-29-21)18-10-13-27(14-11-18)15-17-3-5-19(23)6-4-17/h3-6,10,16H,7-9,11-15H2,1-2H3,(H,24,28). The summed E-state index contributed by atoms with van der Waals surface area (Å²) in [6, 6.07) is 7.97. The Kier molecular flexibility index (Phi) is 7.83. The molecule has 1 aliphatic heterocycles. The summed E-state index contributed by atoms with van der Waals surface area (Å²) in [5.41, 5.74) is 2.36. The minimum Gasteiger partial charge on any atom is -0.356 e. The number of hydrogen-bond acceptors (Lipinski definition) is 5. The van der Waals surface area contributed by atoms with Gasteiger partial charge in [-0.1, -0.05) is 48.8 Å². The number of nitrogens with zero attached hydrogens (tertiary/aromatic N) is 3. The first kappa shape index (κ1) is 21.5. The molecule has 0 aliphatic carbocycles. The van der Waals surface area contributed by atoms with E-state index in [-0.39, 0.29) is 5.91 Å². The highest BCUT2D eigenvalue weighted by molar-refractivity contribution is 6.30. The van der Waals surface area contributed by atoms with Crippen LogP contribution in [-0.4, -0.2) is 40.6 Å². The fourth-order valence-electron chi connectivity index (χ4n) is 3.20. The maximum Gasteiger partial charge on any atom is 0.227 e. The van der Waals surface area contributed by atoms with Crippen LogP contribution in [0.5, 0.6) is 0 Å². The minimum absolute atomic E-state index is 0.0279. The summed E-state index contributed by atoms with van der Waals surface area (Å²) in [4.78, 5) is 18.7. The van der Waals surface area contributed by atoms with Gasteiger partial charge in [0.2, 0.25) is 11.8 Å². The van der Waals surface area contributed by atoms with E-state index in [0.717, 1.165) is 43.1 Å². The first-order valence-corrected chi connectivity index (χ1v) is 10.6. The van der Waals surface area contributed by atoms with Crippen LogP contribution in [0.2, 0.25) is 5.02 Å². The molecule has 0 bridgehead atoms. The molecule has 0 saturated heterocycles. The van der Waals surface area contributed by atoms with Gasteiger partial charge in [0.1, 0.15) is 0 Å². The summed E-state index contributed by atoms with van der Waals surface area (Å²) in [5, 5.41) is 7.79. The number of carbonyl (C=O) groups excluding carboxylic acids is 1. The number of aromatic nitrogens is 2. The second kappa shape index (κ2) is 10.6. The van der Waals surface area contributed by atoms with Crippen molar-refractivity contribution in [1.29, 1.82) is 0 Å². The normalized spacial score (nSPS) is 14.8. The van der Waals surface area contributed by atoms with Crippen molar-refractivity contribution >= 4 is 23.1 Å². The Morgan fingerprint density at radius 2 is 2.10 bits per heavy atom. The molecule has 1 aromatic carbocycles. The SMILES string of the molecule is CC(C)CCNC(=O)CCc1nc(C2=CCN(Cc3ccc(Cl)cc3)CC2)no1. The van der Waals surface area contributed by atoms with Gasteiger partial charge < -0.3 is 9.84 Å². The van der Waals surface area contributed by atoms with Crippen LogP contribution in [0, 0.1) is 5.92 Å². The molecule has 3 rings (SSSR count). The topological polar surface area (TPSA) is 71.3 Å². The van der Waals surface area contributed by atoms with Gasteiger partial charge in [-0.3, -0.25) is 9.69 Å². The smallest absolute Gasteiger partial charge is 0.227 e. The Bertz CT molecular complexity index is 830. The second-order valence-corrected chi connectivity index (χ2v) is 8.32. The van der Waals surface area contributed by atoms with Crippen LogP contribution in [0.3, 0.4) is 0 Å². The van der Waals surface area contributed by atoms with Crippen molar-refractivity contribution in [1.82, 2.24) is 20.4 Å². The van der Waals surface area contributed by atoms with Crippen molar-refractivity contribution in [2.45, 2.75) is 46.1 Å². The molecule has 156 valence electrons. The highest BCUT2D eigenvalue weighted by atomic mass is 35.5. The molecule has 0 spiro atoms. The Morgan fingerprint density at radius 3 is 2.79 bits per heavy atom. The molecule has 1 amide bonds. The van der Waals surface area contributed by atoms with Crippen molar-refractivity contribution < 1.29 is 9.32 Å². The lowest BCUT2D eigenvalue weighted by atomic mass is 10.1. The molecule has 0 atom stereocenters. The molecule has 7 heteroatoms. The predicted molar refractivity (Wildman–Crippen MR) is 114 cm³/mol. The van der Waals surface area contributed by atoms with Gasteiger partial charge in [-0.25, -0.2) is 0 Å². The fourth-order valence-corrected chi connectivity index (χ4v) is 3.33. The lowest BCUT2D eigenvalue weighted by Crippen LogP contribution is -2.28. The molecule has 6 nitrogen and oxygen atoms in total. The molecule has 0 unspecified atom stereocenters. The number of amides is 1. The van der Waals surface area contributed by atoms with Crippen LogP contribution in [0.1, 0.15) is 50.4 Å². The number of nitrogens with one attached hydrogen (secondary N) is 1. The zero-order valence-corrected chi connectivity index (χ0v) is 17.9. The minimum atomic E-state index is 0.0279. The van der Waals surface area contributed by atoms with Gasteiger partial charge >= 0.3 is 0 Å².